The average Bonchev–Trinajstić information content (AvgIpc) is 2.79. The number of benzene rings is 1. The summed E-state index contributed by atoms with van der Waals surface area (Å²) < 4.78 is 8.43. The maximum absolute atomic E-state index is 12.1. The summed E-state index contributed by atoms with van der Waals surface area (Å²) in [6.07, 6.45) is 0.891. The minimum atomic E-state index is -0.306. The van der Waals surface area contributed by atoms with Crippen molar-refractivity contribution in [1.29, 1.82) is 0 Å². The molecule has 10 heteroatoms. The second-order valence-corrected chi connectivity index (χ2v) is 7.50. The number of nitrogens with zero attached hydrogens (tertiary/aromatic N) is 4. The number of hydrogen-bond donors (Lipinski definition) is 2. The quantitative estimate of drug-likeness (QED) is 0.618. The summed E-state index contributed by atoms with van der Waals surface area (Å²) in [4.78, 5) is 39.9. The van der Waals surface area contributed by atoms with Gasteiger partial charge in [0.15, 0.2) is 0 Å². The van der Waals surface area contributed by atoms with E-state index in [1.807, 2.05) is 12.1 Å². The normalized spacial score (nSPS) is 14.4. The van der Waals surface area contributed by atoms with E-state index in [4.69, 9.17) is 4.74 Å². The third kappa shape index (κ3) is 5.66. The van der Waals surface area contributed by atoms with Gasteiger partial charge in [0.25, 0.3) is 5.56 Å². The van der Waals surface area contributed by atoms with Crippen LogP contribution in [0.15, 0.2) is 39.9 Å². The van der Waals surface area contributed by atoms with Gasteiger partial charge < -0.3 is 20.3 Å². The van der Waals surface area contributed by atoms with E-state index < -0.39 is 0 Å². The van der Waals surface area contributed by atoms with Gasteiger partial charge in [-0.15, -0.1) is 0 Å². The minimum absolute atomic E-state index is 0.259. The predicted molar refractivity (Wildman–Crippen MR) is 120 cm³/mol. The molecule has 1 aliphatic heterocycles. The van der Waals surface area contributed by atoms with Crippen LogP contribution in [0.2, 0.25) is 0 Å². The number of nitrogens with one attached hydrogen (secondary N) is 2. The number of urea groups is 1. The molecule has 0 radical (unpaired) electrons. The number of piperazine rings is 1. The van der Waals surface area contributed by atoms with E-state index in [-0.39, 0.29) is 17.3 Å². The van der Waals surface area contributed by atoms with Crippen LogP contribution in [0.4, 0.5) is 16.3 Å². The molecule has 1 fully saturated rings. The second kappa shape index (κ2) is 10.2. The molecule has 0 spiro atoms. The van der Waals surface area contributed by atoms with Crippen LogP contribution in [0.25, 0.3) is 0 Å². The Morgan fingerprint density at radius 3 is 2.35 bits per heavy atom. The van der Waals surface area contributed by atoms with Crippen LogP contribution in [-0.4, -0.2) is 66.4 Å². The van der Waals surface area contributed by atoms with E-state index in [9.17, 15) is 14.4 Å². The van der Waals surface area contributed by atoms with Gasteiger partial charge in [-0.05, 0) is 30.7 Å². The second-order valence-electron chi connectivity index (χ2n) is 7.50. The lowest BCUT2D eigenvalue weighted by molar-refractivity contribution is 0.224. The number of ether oxygens (including phenoxy) is 1. The van der Waals surface area contributed by atoms with E-state index in [0.29, 0.717) is 18.1 Å². The summed E-state index contributed by atoms with van der Waals surface area (Å²) in [5, 5.41) is 5.21. The maximum atomic E-state index is 12.1. The molecular formula is C21H30N6O4. The lowest BCUT2D eigenvalue weighted by Gasteiger charge is -2.36. The number of carbonyl (C=O) groups is 1. The Bertz CT molecular complexity index is 1010. The molecule has 31 heavy (non-hydrogen) atoms. The third-order valence-corrected chi connectivity index (χ3v) is 5.42. The number of rotatable bonds is 7. The van der Waals surface area contributed by atoms with Crippen LogP contribution in [0.1, 0.15) is 6.42 Å². The Morgan fingerprint density at radius 1 is 1.03 bits per heavy atom. The van der Waals surface area contributed by atoms with Crippen LogP contribution in [0.5, 0.6) is 5.75 Å². The summed E-state index contributed by atoms with van der Waals surface area (Å²) in [5.74, 6) is 1.43. The molecule has 10 nitrogen and oxygen atoms in total. The van der Waals surface area contributed by atoms with Crippen molar-refractivity contribution in [3.63, 3.8) is 0 Å². The van der Waals surface area contributed by atoms with Gasteiger partial charge in [0.1, 0.15) is 11.6 Å². The van der Waals surface area contributed by atoms with Gasteiger partial charge in [-0.1, -0.05) is 0 Å². The molecule has 0 bridgehead atoms. The number of carbonyl (C=O) groups excluding carboxylic acids is 1. The molecule has 1 aromatic heterocycles. The lowest BCUT2D eigenvalue weighted by atomic mass is 10.3. The molecule has 0 atom stereocenters. The van der Waals surface area contributed by atoms with E-state index >= 15 is 0 Å². The molecule has 3 rings (SSSR count). The number of aromatic nitrogens is 2. The van der Waals surface area contributed by atoms with Gasteiger partial charge in [0.2, 0.25) is 0 Å². The zero-order chi connectivity index (χ0) is 22.4. The van der Waals surface area contributed by atoms with Gasteiger partial charge >= 0.3 is 11.7 Å². The van der Waals surface area contributed by atoms with Gasteiger partial charge in [0.05, 0.1) is 6.61 Å². The van der Waals surface area contributed by atoms with E-state index in [2.05, 4.69) is 20.4 Å². The fourth-order valence-electron chi connectivity index (χ4n) is 3.53. The molecule has 1 aliphatic rings. The lowest BCUT2D eigenvalue weighted by Crippen LogP contribution is -2.49. The van der Waals surface area contributed by atoms with Gasteiger partial charge in [0, 0.05) is 65.6 Å². The van der Waals surface area contributed by atoms with Crippen molar-refractivity contribution >= 4 is 17.5 Å². The fraction of sp³-hybridized carbons (Fsp3) is 0.476. The third-order valence-electron chi connectivity index (χ3n) is 5.42. The standard InChI is InChI=1S/C21H30N6O4/c1-22-20(29)23-16-5-7-17(8-6-16)31-14-4-9-26-10-12-27(13-11-26)18-15-19(28)25(3)21(30)24(18)2/h5-8,15H,4,9-14H2,1-3H3,(H2,22,23,29). The van der Waals surface area contributed by atoms with Crippen molar-refractivity contribution in [3.05, 3.63) is 51.2 Å². The van der Waals surface area contributed by atoms with Crippen molar-refractivity contribution in [2.45, 2.75) is 6.42 Å². The summed E-state index contributed by atoms with van der Waals surface area (Å²) in [7, 11) is 4.76. The first-order chi connectivity index (χ1) is 14.9. The SMILES string of the molecule is CNC(=O)Nc1ccc(OCCCN2CCN(c3cc(=O)n(C)c(=O)n3C)CC2)cc1. The van der Waals surface area contributed by atoms with E-state index in [1.165, 1.54) is 17.7 Å². The van der Waals surface area contributed by atoms with Crippen molar-refractivity contribution in [2.24, 2.45) is 14.1 Å². The molecule has 0 aliphatic carbocycles. The Balaban J connectivity index is 1.41. The highest BCUT2D eigenvalue weighted by Crippen LogP contribution is 2.16. The predicted octanol–water partition coefficient (Wildman–Crippen LogP) is 0.426. The fourth-order valence-corrected chi connectivity index (χ4v) is 3.53. The Kier molecular flexibility index (Phi) is 7.35. The molecule has 0 unspecified atom stereocenters. The highest BCUT2D eigenvalue weighted by molar-refractivity contribution is 5.88. The van der Waals surface area contributed by atoms with Crippen molar-refractivity contribution in [1.82, 2.24) is 19.4 Å². The Morgan fingerprint density at radius 2 is 1.71 bits per heavy atom. The highest BCUT2D eigenvalue weighted by Gasteiger charge is 2.20. The van der Waals surface area contributed by atoms with Gasteiger partial charge in [-0.2, -0.15) is 0 Å². The zero-order valence-electron chi connectivity index (χ0n) is 18.3. The van der Waals surface area contributed by atoms with Crippen molar-refractivity contribution in [3.8, 4) is 5.75 Å². The number of amides is 2. The molecule has 0 saturated carbocycles. The van der Waals surface area contributed by atoms with Gasteiger partial charge in [-0.3, -0.25) is 18.8 Å². The molecule has 1 saturated heterocycles. The molecule has 168 valence electrons. The first kappa shape index (κ1) is 22.4. The van der Waals surface area contributed by atoms with Gasteiger partial charge in [-0.25, -0.2) is 9.59 Å². The summed E-state index contributed by atoms with van der Waals surface area (Å²) >= 11 is 0. The molecule has 2 N–H and O–H groups in total. The zero-order valence-corrected chi connectivity index (χ0v) is 18.3. The molecule has 2 heterocycles. The smallest absolute Gasteiger partial charge is 0.332 e. The van der Waals surface area contributed by atoms with Crippen LogP contribution in [0.3, 0.4) is 0 Å². The number of hydrogen-bond acceptors (Lipinski definition) is 6. The minimum Gasteiger partial charge on any atom is -0.494 e. The molecule has 2 aromatic rings. The first-order valence-corrected chi connectivity index (χ1v) is 10.3. The van der Waals surface area contributed by atoms with Crippen LogP contribution < -0.4 is 31.5 Å². The Hall–Kier alpha value is -3.27. The molecule has 2 amide bonds. The highest BCUT2D eigenvalue weighted by atomic mass is 16.5. The maximum Gasteiger partial charge on any atom is 0.332 e. The van der Waals surface area contributed by atoms with E-state index in [0.717, 1.165) is 49.5 Å². The van der Waals surface area contributed by atoms with Crippen molar-refractivity contribution < 1.29 is 9.53 Å². The topological polar surface area (TPSA) is 101 Å². The van der Waals surface area contributed by atoms with Crippen LogP contribution >= 0.6 is 0 Å². The van der Waals surface area contributed by atoms with Crippen LogP contribution in [-0.2, 0) is 14.1 Å². The summed E-state index contributed by atoms with van der Waals surface area (Å²) in [6.45, 7) is 4.78. The largest absolute Gasteiger partial charge is 0.494 e. The molecular weight excluding hydrogens is 400 g/mol. The number of anilines is 2. The first-order valence-electron chi connectivity index (χ1n) is 10.3. The Labute approximate surface area is 181 Å². The summed E-state index contributed by atoms with van der Waals surface area (Å²) in [6, 6.07) is 8.53. The monoisotopic (exact) mass is 430 g/mol. The average molecular weight is 431 g/mol. The summed E-state index contributed by atoms with van der Waals surface area (Å²) in [5.41, 5.74) is 0.119. The molecule has 1 aromatic carbocycles. The van der Waals surface area contributed by atoms with Crippen LogP contribution in [0, 0.1) is 0 Å². The van der Waals surface area contributed by atoms with Crippen molar-refractivity contribution in [2.75, 3.05) is 56.6 Å². The van der Waals surface area contributed by atoms with E-state index in [1.54, 1.807) is 26.2 Å².